The normalized spacial score (nSPS) is 15.1. The third-order valence-corrected chi connectivity index (χ3v) is 5.02. The van der Waals surface area contributed by atoms with Gasteiger partial charge in [0.15, 0.2) is 0 Å². The van der Waals surface area contributed by atoms with Crippen molar-refractivity contribution < 1.29 is 9.53 Å². The van der Waals surface area contributed by atoms with Crippen LogP contribution in [-0.4, -0.2) is 49.0 Å². The van der Waals surface area contributed by atoms with E-state index in [-0.39, 0.29) is 5.91 Å². The van der Waals surface area contributed by atoms with Crippen LogP contribution in [0.3, 0.4) is 0 Å². The van der Waals surface area contributed by atoms with Crippen molar-refractivity contribution in [1.29, 1.82) is 0 Å². The van der Waals surface area contributed by atoms with Crippen LogP contribution in [0, 0.1) is 6.92 Å². The SMILES string of the molecule is COc1cc(N)c(Cl)cc1C(=O)N1CCN(Cc2cccc(C)c2)CC1. The lowest BCUT2D eigenvalue weighted by molar-refractivity contribution is 0.0625. The topological polar surface area (TPSA) is 58.8 Å². The molecular weight excluding hydrogens is 350 g/mol. The Bertz CT molecular complexity index is 802. The summed E-state index contributed by atoms with van der Waals surface area (Å²) in [6.07, 6.45) is 0. The van der Waals surface area contributed by atoms with Crippen molar-refractivity contribution in [1.82, 2.24) is 9.80 Å². The van der Waals surface area contributed by atoms with E-state index in [4.69, 9.17) is 22.1 Å². The zero-order chi connectivity index (χ0) is 18.7. The molecule has 0 aromatic heterocycles. The van der Waals surface area contributed by atoms with E-state index in [9.17, 15) is 4.79 Å². The molecule has 2 aromatic carbocycles. The molecule has 138 valence electrons. The number of carbonyl (C=O) groups is 1. The highest BCUT2D eigenvalue weighted by atomic mass is 35.5. The Kier molecular flexibility index (Phi) is 5.69. The molecule has 1 saturated heterocycles. The van der Waals surface area contributed by atoms with Gasteiger partial charge in [-0.1, -0.05) is 41.4 Å². The third-order valence-electron chi connectivity index (χ3n) is 4.70. The summed E-state index contributed by atoms with van der Waals surface area (Å²) in [5.41, 5.74) is 9.23. The molecular formula is C20H24ClN3O2. The van der Waals surface area contributed by atoms with Crippen molar-refractivity contribution in [2.75, 3.05) is 39.0 Å². The number of amides is 1. The quantitative estimate of drug-likeness (QED) is 0.836. The molecule has 6 heteroatoms. The lowest BCUT2D eigenvalue weighted by atomic mass is 10.1. The monoisotopic (exact) mass is 373 g/mol. The maximum atomic E-state index is 12.9. The van der Waals surface area contributed by atoms with Gasteiger partial charge >= 0.3 is 0 Å². The largest absolute Gasteiger partial charge is 0.496 e. The molecule has 1 heterocycles. The summed E-state index contributed by atoms with van der Waals surface area (Å²) >= 11 is 6.09. The first-order valence-electron chi connectivity index (χ1n) is 8.68. The minimum atomic E-state index is -0.0704. The van der Waals surface area contributed by atoms with E-state index in [0.717, 1.165) is 19.6 Å². The molecule has 0 atom stereocenters. The highest BCUT2D eigenvalue weighted by molar-refractivity contribution is 6.33. The molecule has 0 unspecified atom stereocenters. The number of aryl methyl sites for hydroxylation is 1. The second-order valence-electron chi connectivity index (χ2n) is 6.63. The molecule has 1 amide bonds. The minimum Gasteiger partial charge on any atom is -0.496 e. The summed E-state index contributed by atoms with van der Waals surface area (Å²) in [6, 6.07) is 11.7. The minimum absolute atomic E-state index is 0.0704. The molecule has 2 aromatic rings. The van der Waals surface area contributed by atoms with Gasteiger partial charge in [0, 0.05) is 38.8 Å². The average molecular weight is 374 g/mol. The number of nitrogens with two attached hydrogens (primary N) is 1. The molecule has 3 rings (SSSR count). The van der Waals surface area contributed by atoms with Crippen LogP contribution in [0.4, 0.5) is 5.69 Å². The van der Waals surface area contributed by atoms with Crippen molar-refractivity contribution in [3.8, 4) is 5.75 Å². The Morgan fingerprint density at radius 3 is 2.58 bits per heavy atom. The number of methoxy groups -OCH3 is 1. The van der Waals surface area contributed by atoms with Crippen molar-refractivity contribution in [2.45, 2.75) is 13.5 Å². The lowest BCUT2D eigenvalue weighted by Crippen LogP contribution is -2.48. The number of nitrogen functional groups attached to an aromatic ring is 1. The lowest BCUT2D eigenvalue weighted by Gasteiger charge is -2.35. The molecule has 0 aliphatic carbocycles. The summed E-state index contributed by atoms with van der Waals surface area (Å²) in [4.78, 5) is 17.1. The number of halogens is 1. The van der Waals surface area contributed by atoms with E-state index in [0.29, 0.717) is 35.1 Å². The maximum absolute atomic E-state index is 12.9. The van der Waals surface area contributed by atoms with Crippen LogP contribution in [0.15, 0.2) is 36.4 Å². The second kappa shape index (κ2) is 7.98. The number of hydrogen-bond acceptors (Lipinski definition) is 4. The highest BCUT2D eigenvalue weighted by Gasteiger charge is 2.25. The van der Waals surface area contributed by atoms with Gasteiger partial charge in [-0.25, -0.2) is 0 Å². The number of carbonyl (C=O) groups excluding carboxylic acids is 1. The van der Waals surface area contributed by atoms with Gasteiger partial charge in [-0.2, -0.15) is 0 Å². The maximum Gasteiger partial charge on any atom is 0.257 e. The number of benzene rings is 2. The summed E-state index contributed by atoms with van der Waals surface area (Å²) in [6.45, 7) is 6.03. The standard InChI is InChI=1S/C20H24ClN3O2/c1-14-4-3-5-15(10-14)13-23-6-8-24(9-7-23)20(25)16-11-17(21)18(22)12-19(16)26-2/h3-5,10-12H,6-9,13,22H2,1-2H3. The fourth-order valence-corrected chi connectivity index (χ4v) is 3.42. The third kappa shape index (κ3) is 4.11. The summed E-state index contributed by atoms with van der Waals surface area (Å²) in [7, 11) is 1.53. The van der Waals surface area contributed by atoms with Crippen LogP contribution in [-0.2, 0) is 6.54 Å². The molecule has 1 aliphatic rings. The Balaban J connectivity index is 1.64. The smallest absolute Gasteiger partial charge is 0.257 e. The zero-order valence-corrected chi connectivity index (χ0v) is 15.9. The molecule has 1 aliphatic heterocycles. The van der Waals surface area contributed by atoms with Gasteiger partial charge in [-0.3, -0.25) is 9.69 Å². The van der Waals surface area contributed by atoms with Gasteiger partial charge < -0.3 is 15.4 Å². The van der Waals surface area contributed by atoms with Crippen LogP contribution in [0.2, 0.25) is 5.02 Å². The first-order valence-corrected chi connectivity index (χ1v) is 9.06. The van der Waals surface area contributed by atoms with Crippen LogP contribution in [0.25, 0.3) is 0 Å². The van der Waals surface area contributed by atoms with Gasteiger partial charge in [0.2, 0.25) is 0 Å². The van der Waals surface area contributed by atoms with Gasteiger partial charge in [0.25, 0.3) is 5.91 Å². The molecule has 26 heavy (non-hydrogen) atoms. The van der Waals surface area contributed by atoms with Crippen LogP contribution < -0.4 is 10.5 Å². The average Bonchev–Trinajstić information content (AvgIpc) is 2.63. The molecule has 0 bridgehead atoms. The van der Waals surface area contributed by atoms with Crippen molar-refractivity contribution in [3.05, 3.63) is 58.1 Å². The van der Waals surface area contributed by atoms with E-state index in [1.54, 1.807) is 12.1 Å². The number of rotatable bonds is 4. The van der Waals surface area contributed by atoms with Crippen LogP contribution in [0.5, 0.6) is 5.75 Å². The Labute approximate surface area is 159 Å². The highest BCUT2D eigenvalue weighted by Crippen LogP contribution is 2.30. The Morgan fingerprint density at radius 2 is 1.92 bits per heavy atom. The fraction of sp³-hybridized carbons (Fsp3) is 0.350. The molecule has 1 fully saturated rings. The zero-order valence-electron chi connectivity index (χ0n) is 15.2. The number of hydrogen-bond donors (Lipinski definition) is 1. The first-order chi connectivity index (χ1) is 12.5. The second-order valence-corrected chi connectivity index (χ2v) is 7.04. The van der Waals surface area contributed by atoms with Crippen molar-refractivity contribution >= 4 is 23.2 Å². The summed E-state index contributed by atoms with van der Waals surface area (Å²) in [5.74, 6) is 0.387. The summed E-state index contributed by atoms with van der Waals surface area (Å²) < 4.78 is 5.31. The van der Waals surface area contributed by atoms with E-state index in [1.165, 1.54) is 18.2 Å². The summed E-state index contributed by atoms with van der Waals surface area (Å²) in [5, 5.41) is 0.368. The molecule has 0 radical (unpaired) electrons. The van der Waals surface area contributed by atoms with E-state index < -0.39 is 0 Å². The van der Waals surface area contributed by atoms with Gasteiger partial charge in [-0.05, 0) is 18.6 Å². The Morgan fingerprint density at radius 1 is 1.19 bits per heavy atom. The van der Waals surface area contributed by atoms with Crippen LogP contribution >= 0.6 is 11.6 Å². The molecule has 5 nitrogen and oxygen atoms in total. The molecule has 2 N–H and O–H groups in total. The molecule has 0 saturated carbocycles. The fourth-order valence-electron chi connectivity index (χ4n) is 3.25. The van der Waals surface area contributed by atoms with Gasteiger partial charge in [0.1, 0.15) is 5.75 Å². The Hall–Kier alpha value is -2.24. The number of piperazine rings is 1. The first kappa shape index (κ1) is 18.5. The number of nitrogens with zero attached hydrogens (tertiary/aromatic N) is 2. The van der Waals surface area contributed by atoms with E-state index in [2.05, 4.69) is 36.1 Å². The predicted octanol–water partition coefficient (Wildman–Crippen LogP) is 3.20. The van der Waals surface area contributed by atoms with Gasteiger partial charge in [0.05, 0.1) is 23.4 Å². The number of anilines is 1. The van der Waals surface area contributed by atoms with Crippen molar-refractivity contribution in [2.24, 2.45) is 0 Å². The molecule has 0 spiro atoms. The van der Waals surface area contributed by atoms with Crippen LogP contribution in [0.1, 0.15) is 21.5 Å². The predicted molar refractivity (Wildman–Crippen MR) is 105 cm³/mol. The van der Waals surface area contributed by atoms with Crippen molar-refractivity contribution in [3.63, 3.8) is 0 Å². The van der Waals surface area contributed by atoms with E-state index in [1.807, 2.05) is 4.90 Å². The van der Waals surface area contributed by atoms with E-state index >= 15 is 0 Å². The number of ether oxygens (including phenoxy) is 1. The van der Waals surface area contributed by atoms with Gasteiger partial charge in [-0.15, -0.1) is 0 Å².